The van der Waals surface area contributed by atoms with Gasteiger partial charge in [-0.2, -0.15) is 0 Å². The number of hydrogen-bond donors (Lipinski definition) is 2. The summed E-state index contributed by atoms with van der Waals surface area (Å²) in [7, 11) is 0. The predicted molar refractivity (Wildman–Crippen MR) is 74.3 cm³/mol. The van der Waals surface area contributed by atoms with Gasteiger partial charge in [-0.25, -0.2) is 0 Å². The molecule has 0 aromatic heterocycles. The molecule has 0 atom stereocenters. The molecule has 0 amide bonds. The summed E-state index contributed by atoms with van der Waals surface area (Å²) in [6.07, 6.45) is 0.0254. The predicted octanol–water partition coefficient (Wildman–Crippen LogP) is 3.94. The van der Waals surface area contributed by atoms with E-state index in [1.807, 2.05) is 0 Å². The molecule has 0 saturated heterocycles. The molecular weight excluding hydrogens is 303 g/mol. The van der Waals surface area contributed by atoms with E-state index in [0.29, 0.717) is 10.6 Å². The molecule has 1 aliphatic heterocycles. The summed E-state index contributed by atoms with van der Waals surface area (Å²) in [6.45, 7) is 0. The summed E-state index contributed by atoms with van der Waals surface area (Å²) in [5.74, 6) is -0.558. The fourth-order valence-electron chi connectivity index (χ4n) is 2.14. The van der Waals surface area contributed by atoms with Crippen LogP contribution in [0.3, 0.4) is 0 Å². The van der Waals surface area contributed by atoms with Crippen LogP contribution in [0.2, 0.25) is 10.0 Å². The third-order valence-corrected chi connectivity index (χ3v) is 3.83. The minimum Gasteiger partial charge on any atom is -0.508 e. The monoisotopic (exact) mass is 310 g/mol. The molecule has 0 bridgehead atoms. The maximum Gasteiger partial charge on any atom is 0.174 e. The van der Waals surface area contributed by atoms with Crippen molar-refractivity contribution < 1.29 is 19.7 Å². The number of hydrogen-bond acceptors (Lipinski definition) is 4. The lowest BCUT2D eigenvalue weighted by Gasteiger charge is -2.11. The van der Waals surface area contributed by atoms with Gasteiger partial charge in [-0.15, -0.1) is 0 Å². The molecule has 0 radical (unpaired) electrons. The summed E-state index contributed by atoms with van der Waals surface area (Å²) >= 11 is 12.0. The number of halogens is 2. The van der Waals surface area contributed by atoms with Gasteiger partial charge in [-0.05, 0) is 6.07 Å². The minimum atomic E-state index is -0.333. The van der Waals surface area contributed by atoms with Crippen molar-refractivity contribution in [3.8, 4) is 23.0 Å². The number of phenolic OH excluding ortho intramolecular Hbond substituents is 2. The highest BCUT2D eigenvalue weighted by Gasteiger charge is 2.27. The van der Waals surface area contributed by atoms with Crippen LogP contribution >= 0.6 is 23.2 Å². The highest BCUT2D eigenvalue weighted by Crippen LogP contribution is 2.44. The zero-order valence-electron chi connectivity index (χ0n) is 9.98. The number of fused-ring (bicyclic) bond motifs is 2. The molecule has 3 rings (SSSR count). The summed E-state index contributed by atoms with van der Waals surface area (Å²) in [4.78, 5) is 12.2. The quantitative estimate of drug-likeness (QED) is 0.773. The minimum absolute atomic E-state index is 0.0196. The lowest BCUT2D eigenvalue weighted by atomic mass is 10.0. The van der Waals surface area contributed by atoms with Crippen LogP contribution in [0.1, 0.15) is 15.9 Å². The number of carbonyl (C=O) groups excluding carboxylic acids is 1. The smallest absolute Gasteiger partial charge is 0.174 e. The molecule has 4 nitrogen and oxygen atoms in total. The van der Waals surface area contributed by atoms with Crippen LogP contribution in [-0.4, -0.2) is 16.0 Å². The van der Waals surface area contributed by atoms with Crippen LogP contribution in [0.5, 0.6) is 23.0 Å². The summed E-state index contributed by atoms with van der Waals surface area (Å²) in [5, 5.41) is 19.8. The Morgan fingerprint density at radius 2 is 1.90 bits per heavy atom. The number of rotatable bonds is 0. The second-order valence-electron chi connectivity index (χ2n) is 4.39. The molecule has 0 fully saturated rings. The van der Waals surface area contributed by atoms with Gasteiger partial charge in [0.2, 0.25) is 0 Å². The van der Waals surface area contributed by atoms with E-state index in [0.717, 1.165) is 6.07 Å². The molecular formula is C14H8Cl2O4. The van der Waals surface area contributed by atoms with Gasteiger partial charge >= 0.3 is 0 Å². The third kappa shape index (κ3) is 1.97. The summed E-state index contributed by atoms with van der Waals surface area (Å²) in [5.41, 5.74) is 0.589. The Balaban J connectivity index is 2.26. The molecule has 0 unspecified atom stereocenters. The van der Waals surface area contributed by atoms with Crippen LogP contribution in [0.25, 0.3) is 0 Å². The number of benzene rings is 2. The van der Waals surface area contributed by atoms with Crippen LogP contribution in [0.15, 0.2) is 24.3 Å². The average Bonchev–Trinajstić information content (AvgIpc) is 2.50. The molecule has 2 N–H and O–H groups in total. The molecule has 20 heavy (non-hydrogen) atoms. The van der Waals surface area contributed by atoms with E-state index in [1.165, 1.54) is 6.07 Å². The Morgan fingerprint density at radius 1 is 1.15 bits per heavy atom. The number of Topliss-reactive ketones (excluding diaryl/α,β-unsaturated/α-hetero) is 1. The maximum absolute atomic E-state index is 12.2. The Hall–Kier alpha value is -1.91. The van der Waals surface area contributed by atoms with Gasteiger partial charge in [-0.3, -0.25) is 4.79 Å². The van der Waals surface area contributed by atoms with Crippen LogP contribution < -0.4 is 4.74 Å². The van der Waals surface area contributed by atoms with Crippen molar-refractivity contribution in [3.05, 3.63) is 45.4 Å². The number of carbonyl (C=O) groups is 1. The van der Waals surface area contributed by atoms with E-state index < -0.39 is 0 Å². The van der Waals surface area contributed by atoms with Crippen molar-refractivity contribution >= 4 is 29.0 Å². The van der Waals surface area contributed by atoms with E-state index in [-0.39, 0.29) is 45.8 Å². The van der Waals surface area contributed by atoms with Gasteiger partial charge in [0.1, 0.15) is 27.8 Å². The fourth-order valence-corrected chi connectivity index (χ4v) is 2.51. The van der Waals surface area contributed by atoms with Crippen molar-refractivity contribution in [2.45, 2.75) is 6.42 Å². The van der Waals surface area contributed by atoms with Crippen molar-refractivity contribution in [1.29, 1.82) is 0 Å². The van der Waals surface area contributed by atoms with Crippen molar-refractivity contribution in [2.75, 3.05) is 0 Å². The Bertz CT molecular complexity index is 740. The molecule has 1 aliphatic rings. The van der Waals surface area contributed by atoms with E-state index in [9.17, 15) is 15.0 Å². The number of phenols is 2. The average molecular weight is 311 g/mol. The highest BCUT2D eigenvalue weighted by atomic mass is 35.5. The second kappa shape index (κ2) is 4.58. The first-order chi connectivity index (χ1) is 9.47. The van der Waals surface area contributed by atoms with Gasteiger partial charge in [0.15, 0.2) is 11.5 Å². The first-order valence-electron chi connectivity index (χ1n) is 5.71. The zero-order valence-corrected chi connectivity index (χ0v) is 11.5. The van der Waals surface area contributed by atoms with Crippen molar-refractivity contribution in [3.63, 3.8) is 0 Å². The SMILES string of the molecule is O=C1Cc2ccc(Cl)c(Cl)c2Oc2cc(O)cc(O)c21. The Kier molecular flexibility index (Phi) is 3.00. The third-order valence-electron chi connectivity index (χ3n) is 3.04. The number of ketones is 1. The number of aromatic hydroxyl groups is 2. The van der Waals surface area contributed by atoms with Gasteiger partial charge in [-0.1, -0.05) is 29.3 Å². The Labute approximate surface area is 124 Å². The lowest BCUT2D eigenvalue weighted by Crippen LogP contribution is -2.02. The molecule has 2 aromatic carbocycles. The lowest BCUT2D eigenvalue weighted by molar-refractivity contribution is 0.0991. The molecule has 2 aromatic rings. The Morgan fingerprint density at radius 3 is 2.65 bits per heavy atom. The van der Waals surface area contributed by atoms with Crippen LogP contribution in [0, 0.1) is 0 Å². The largest absolute Gasteiger partial charge is 0.508 e. The number of ether oxygens (including phenoxy) is 1. The van der Waals surface area contributed by atoms with E-state index in [2.05, 4.69) is 0 Å². The van der Waals surface area contributed by atoms with Gasteiger partial charge in [0.25, 0.3) is 0 Å². The first-order valence-corrected chi connectivity index (χ1v) is 6.47. The molecule has 0 saturated carbocycles. The molecule has 0 aliphatic carbocycles. The summed E-state index contributed by atoms with van der Waals surface area (Å²) in [6, 6.07) is 5.56. The molecule has 102 valence electrons. The first kappa shape index (κ1) is 13.1. The fraction of sp³-hybridized carbons (Fsp3) is 0.0714. The standard InChI is InChI=1S/C14H8Cl2O4/c15-8-2-1-6-3-9(18)12-10(19)4-7(17)5-11(12)20-14(6)13(8)16/h1-2,4-5,17,19H,3H2. The van der Waals surface area contributed by atoms with E-state index in [1.54, 1.807) is 12.1 Å². The molecule has 6 heteroatoms. The van der Waals surface area contributed by atoms with Gasteiger partial charge < -0.3 is 14.9 Å². The summed E-state index contributed by atoms with van der Waals surface area (Å²) < 4.78 is 5.59. The normalized spacial score (nSPS) is 13.2. The van der Waals surface area contributed by atoms with E-state index >= 15 is 0 Å². The van der Waals surface area contributed by atoms with E-state index in [4.69, 9.17) is 27.9 Å². The molecule has 0 spiro atoms. The van der Waals surface area contributed by atoms with Crippen LogP contribution in [0.4, 0.5) is 0 Å². The maximum atomic E-state index is 12.2. The van der Waals surface area contributed by atoms with Crippen LogP contribution in [-0.2, 0) is 6.42 Å². The molecule has 1 heterocycles. The second-order valence-corrected chi connectivity index (χ2v) is 5.17. The van der Waals surface area contributed by atoms with Gasteiger partial charge in [0.05, 0.1) is 5.02 Å². The van der Waals surface area contributed by atoms with Crippen molar-refractivity contribution in [2.24, 2.45) is 0 Å². The zero-order chi connectivity index (χ0) is 14.4. The van der Waals surface area contributed by atoms with Gasteiger partial charge in [0, 0.05) is 24.1 Å². The van der Waals surface area contributed by atoms with Crippen molar-refractivity contribution in [1.82, 2.24) is 0 Å². The topological polar surface area (TPSA) is 66.8 Å². The highest BCUT2D eigenvalue weighted by molar-refractivity contribution is 6.43.